The Balaban J connectivity index is 1.72. The average molecular weight is 462 g/mol. The topological polar surface area (TPSA) is 30.7 Å². The molecule has 7 heteroatoms. The van der Waals surface area contributed by atoms with E-state index >= 15 is 0 Å². The van der Waals surface area contributed by atoms with E-state index in [1.165, 1.54) is 47.5 Å². The van der Waals surface area contributed by atoms with Gasteiger partial charge in [-0.25, -0.2) is 0 Å². The second-order valence-corrected chi connectivity index (χ2v) is 10.5. The van der Waals surface area contributed by atoms with E-state index in [-0.39, 0.29) is 0 Å². The molecular weight excluding hydrogens is 446 g/mol. The Labute approximate surface area is 171 Å². The molecule has 0 aliphatic rings. The molecule has 3 nitrogen and oxygen atoms in total. The molecule has 0 bridgehead atoms. The Hall–Kier alpha value is -1.28. The van der Waals surface area contributed by atoms with Gasteiger partial charge in [0.1, 0.15) is 11.0 Å². The van der Waals surface area contributed by atoms with Gasteiger partial charge in [0.05, 0.1) is 32.2 Å². The number of thiophene rings is 2. The zero-order chi connectivity index (χ0) is 18.0. The highest BCUT2D eigenvalue weighted by molar-refractivity contribution is 9.10. The second kappa shape index (κ2) is 6.12. The Morgan fingerprint density at radius 2 is 1.77 bits per heavy atom. The highest BCUT2D eigenvalue weighted by Crippen LogP contribution is 2.44. The lowest BCUT2D eigenvalue weighted by Gasteiger charge is -2.00. The predicted octanol–water partition coefficient (Wildman–Crippen LogP) is 7.09. The highest BCUT2D eigenvalue weighted by Gasteiger charge is 2.18. The monoisotopic (exact) mass is 461 g/mol. The minimum absolute atomic E-state index is 0.686. The number of nitrogens with zero attached hydrogens (tertiary/aromatic N) is 3. The number of halogens is 1. The van der Waals surface area contributed by atoms with E-state index in [2.05, 4.69) is 74.4 Å². The summed E-state index contributed by atoms with van der Waals surface area (Å²) < 4.78 is 15.1. The summed E-state index contributed by atoms with van der Waals surface area (Å²) in [4.78, 5) is 2.74. The van der Waals surface area contributed by atoms with Crippen molar-refractivity contribution in [3.8, 4) is 10.4 Å². The summed E-state index contributed by atoms with van der Waals surface area (Å²) in [7, 11) is 2.18. The molecule has 4 aromatic heterocycles. The summed E-state index contributed by atoms with van der Waals surface area (Å²) in [6, 6.07) is 8.89. The zero-order valence-corrected chi connectivity index (χ0v) is 18.6. The maximum atomic E-state index is 4.53. The summed E-state index contributed by atoms with van der Waals surface area (Å²) >= 11 is 8.67. The van der Waals surface area contributed by atoms with Gasteiger partial charge in [0.2, 0.25) is 0 Å². The van der Waals surface area contributed by atoms with Crippen molar-refractivity contribution in [1.29, 1.82) is 0 Å². The van der Waals surface area contributed by atoms with Crippen LogP contribution < -0.4 is 0 Å². The smallest absolute Gasteiger partial charge is 0.119 e. The standard InChI is InChI=1S/C19H16BrN3S3/c1-9(2)6-10-7-13-18(24-10)19-14(23(13)3)8-15(25-19)11-4-5-12(20)17-16(11)21-26-22-17/h4-5,7-9H,6H2,1-3H3. The van der Waals surface area contributed by atoms with E-state index in [4.69, 9.17) is 0 Å². The van der Waals surface area contributed by atoms with Crippen molar-refractivity contribution in [2.24, 2.45) is 13.0 Å². The van der Waals surface area contributed by atoms with Crippen LogP contribution in [-0.2, 0) is 13.5 Å². The van der Waals surface area contributed by atoms with Crippen LogP contribution in [0.25, 0.3) is 41.9 Å². The first-order chi connectivity index (χ1) is 12.5. The molecule has 0 N–H and O–H groups in total. The molecule has 132 valence electrons. The summed E-state index contributed by atoms with van der Waals surface area (Å²) in [6.07, 6.45) is 1.15. The van der Waals surface area contributed by atoms with Crippen molar-refractivity contribution >= 4 is 81.8 Å². The lowest BCUT2D eigenvalue weighted by molar-refractivity contribution is 0.654. The van der Waals surface area contributed by atoms with Crippen LogP contribution in [0.3, 0.4) is 0 Å². The number of aromatic nitrogens is 3. The molecule has 26 heavy (non-hydrogen) atoms. The number of fused-ring (bicyclic) bond motifs is 4. The Morgan fingerprint density at radius 1 is 1.04 bits per heavy atom. The number of rotatable bonds is 3. The second-order valence-electron chi connectivity index (χ2n) is 6.97. The van der Waals surface area contributed by atoms with E-state index in [1.807, 2.05) is 22.7 Å². The van der Waals surface area contributed by atoms with Crippen molar-refractivity contribution in [1.82, 2.24) is 13.3 Å². The van der Waals surface area contributed by atoms with Crippen LogP contribution in [0, 0.1) is 5.92 Å². The molecule has 4 heterocycles. The van der Waals surface area contributed by atoms with Crippen LogP contribution in [0.2, 0.25) is 0 Å². The fraction of sp³-hybridized carbons (Fsp3) is 0.263. The van der Waals surface area contributed by atoms with Gasteiger partial charge in [0, 0.05) is 26.8 Å². The van der Waals surface area contributed by atoms with Crippen LogP contribution >= 0.6 is 50.3 Å². The first-order valence-electron chi connectivity index (χ1n) is 8.44. The first-order valence-corrected chi connectivity index (χ1v) is 11.6. The van der Waals surface area contributed by atoms with Crippen LogP contribution in [0.4, 0.5) is 0 Å². The fourth-order valence-electron chi connectivity index (χ4n) is 3.44. The van der Waals surface area contributed by atoms with Crippen molar-refractivity contribution in [2.75, 3.05) is 0 Å². The summed E-state index contributed by atoms with van der Waals surface area (Å²) in [5, 5.41) is 0. The number of hydrogen-bond acceptors (Lipinski definition) is 5. The van der Waals surface area contributed by atoms with Crippen LogP contribution in [0.5, 0.6) is 0 Å². The minimum atomic E-state index is 0.686. The Morgan fingerprint density at radius 3 is 2.58 bits per heavy atom. The van der Waals surface area contributed by atoms with Gasteiger partial charge in [0.25, 0.3) is 0 Å². The SMILES string of the molecule is CC(C)Cc1cc2c(s1)c1sc(-c3ccc(Br)c4nsnc34)cc1n2C. The van der Waals surface area contributed by atoms with E-state index in [0.29, 0.717) is 5.92 Å². The zero-order valence-electron chi connectivity index (χ0n) is 14.5. The first kappa shape index (κ1) is 16.9. The molecule has 0 spiro atoms. The maximum absolute atomic E-state index is 4.53. The molecule has 0 aliphatic heterocycles. The third-order valence-electron chi connectivity index (χ3n) is 4.65. The largest absolute Gasteiger partial charge is 0.342 e. The van der Waals surface area contributed by atoms with Crippen LogP contribution in [0.1, 0.15) is 18.7 Å². The minimum Gasteiger partial charge on any atom is -0.342 e. The number of hydrogen-bond donors (Lipinski definition) is 0. The van der Waals surface area contributed by atoms with Gasteiger partial charge in [0.15, 0.2) is 0 Å². The average Bonchev–Trinajstić information content (AvgIpc) is 3.33. The number of benzene rings is 1. The molecule has 0 saturated carbocycles. The van der Waals surface area contributed by atoms with Gasteiger partial charge in [-0.05, 0) is 46.5 Å². The van der Waals surface area contributed by atoms with Gasteiger partial charge < -0.3 is 4.57 Å². The number of aryl methyl sites for hydroxylation is 1. The molecule has 0 saturated heterocycles. The molecule has 0 radical (unpaired) electrons. The van der Waals surface area contributed by atoms with Gasteiger partial charge in [-0.3, -0.25) is 0 Å². The molecule has 5 aromatic rings. The molecule has 0 unspecified atom stereocenters. The lowest BCUT2D eigenvalue weighted by Crippen LogP contribution is -1.90. The quantitative estimate of drug-likeness (QED) is 0.287. The van der Waals surface area contributed by atoms with Crippen molar-refractivity contribution in [3.63, 3.8) is 0 Å². The van der Waals surface area contributed by atoms with Crippen molar-refractivity contribution in [2.45, 2.75) is 20.3 Å². The molecule has 0 aliphatic carbocycles. The Bertz CT molecular complexity index is 1270. The van der Waals surface area contributed by atoms with E-state index in [0.717, 1.165) is 21.9 Å². The van der Waals surface area contributed by atoms with Gasteiger partial charge in [-0.2, -0.15) is 8.75 Å². The summed E-state index contributed by atoms with van der Waals surface area (Å²) in [6.45, 7) is 4.56. The highest BCUT2D eigenvalue weighted by atomic mass is 79.9. The van der Waals surface area contributed by atoms with Crippen molar-refractivity contribution < 1.29 is 0 Å². The summed E-state index contributed by atoms with van der Waals surface area (Å²) in [5.41, 5.74) is 5.77. The van der Waals surface area contributed by atoms with Crippen LogP contribution in [0.15, 0.2) is 28.7 Å². The third kappa shape index (κ3) is 2.48. The van der Waals surface area contributed by atoms with Crippen LogP contribution in [-0.4, -0.2) is 13.3 Å². The maximum Gasteiger partial charge on any atom is 0.119 e. The van der Waals surface area contributed by atoms with E-state index in [9.17, 15) is 0 Å². The molecule has 0 atom stereocenters. The molecule has 0 fully saturated rings. The van der Waals surface area contributed by atoms with E-state index in [1.54, 1.807) is 0 Å². The van der Waals surface area contributed by atoms with Gasteiger partial charge in [-0.15, -0.1) is 22.7 Å². The molecular formula is C19H16BrN3S3. The van der Waals surface area contributed by atoms with Gasteiger partial charge >= 0.3 is 0 Å². The molecule has 0 amide bonds. The molecule has 5 rings (SSSR count). The van der Waals surface area contributed by atoms with E-state index < -0.39 is 0 Å². The Kier molecular flexibility index (Phi) is 3.97. The fourth-order valence-corrected chi connectivity index (χ4v) is 7.30. The lowest BCUT2D eigenvalue weighted by atomic mass is 10.1. The van der Waals surface area contributed by atoms with Crippen molar-refractivity contribution in [3.05, 3.63) is 33.6 Å². The third-order valence-corrected chi connectivity index (χ3v) is 8.28. The molecule has 1 aromatic carbocycles. The van der Waals surface area contributed by atoms with Gasteiger partial charge in [-0.1, -0.05) is 19.9 Å². The normalized spacial score (nSPS) is 12.3. The summed E-state index contributed by atoms with van der Waals surface area (Å²) in [5.74, 6) is 0.686. The predicted molar refractivity (Wildman–Crippen MR) is 119 cm³/mol.